The van der Waals surface area contributed by atoms with E-state index in [4.69, 9.17) is 5.73 Å². The number of nitrogen functional groups attached to an aromatic ring is 1. The highest BCUT2D eigenvalue weighted by atomic mass is 16.1. The predicted molar refractivity (Wildman–Crippen MR) is 139 cm³/mol. The van der Waals surface area contributed by atoms with E-state index in [0.717, 1.165) is 5.39 Å². The van der Waals surface area contributed by atoms with Gasteiger partial charge in [-0.1, -0.05) is 36.4 Å². The molecule has 0 aliphatic rings. The Morgan fingerprint density at radius 3 is 2.64 bits per heavy atom. The Morgan fingerprint density at radius 1 is 1.08 bits per heavy atom. The predicted octanol–water partition coefficient (Wildman–Crippen LogP) is 3.76. The van der Waals surface area contributed by atoms with Crippen LogP contribution in [0.1, 0.15) is 24.2 Å². The SMILES string of the molecule is C[C@H](Nc1nc(N)ncc1C#N)c1cc2cccc(-c3cc[nH]c(=O)c3)c2c(=O)n1-c1ccccc1. The Hall–Kier alpha value is -5.23. The van der Waals surface area contributed by atoms with Gasteiger partial charge in [0.25, 0.3) is 5.56 Å². The van der Waals surface area contributed by atoms with Crippen LogP contribution in [0, 0.1) is 11.3 Å². The van der Waals surface area contributed by atoms with Gasteiger partial charge in [-0.3, -0.25) is 14.2 Å². The minimum Gasteiger partial charge on any atom is -0.368 e. The van der Waals surface area contributed by atoms with Crippen LogP contribution < -0.4 is 22.2 Å². The van der Waals surface area contributed by atoms with Crippen LogP contribution in [0.2, 0.25) is 0 Å². The molecule has 0 aliphatic heterocycles. The number of aromatic nitrogens is 4. The topological polar surface area (TPSA) is 142 Å². The van der Waals surface area contributed by atoms with Crippen molar-refractivity contribution in [2.75, 3.05) is 11.1 Å². The fraction of sp³-hybridized carbons (Fsp3) is 0.0741. The van der Waals surface area contributed by atoms with Crippen LogP contribution in [-0.4, -0.2) is 19.5 Å². The quantitative estimate of drug-likeness (QED) is 0.351. The summed E-state index contributed by atoms with van der Waals surface area (Å²) >= 11 is 0. The van der Waals surface area contributed by atoms with Crippen molar-refractivity contribution in [2.24, 2.45) is 0 Å². The van der Waals surface area contributed by atoms with E-state index in [9.17, 15) is 14.9 Å². The number of pyridine rings is 2. The Morgan fingerprint density at radius 2 is 1.89 bits per heavy atom. The molecule has 0 fully saturated rings. The number of para-hydroxylation sites is 1. The van der Waals surface area contributed by atoms with Gasteiger partial charge >= 0.3 is 0 Å². The minimum absolute atomic E-state index is 0.0325. The van der Waals surface area contributed by atoms with Crippen LogP contribution in [0.25, 0.3) is 27.6 Å². The Labute approximate surface area is 205 Å². The maximum absolute atomic E-state index is 14.1. The summed E-state index contributed by atoms with van der Waals surface area (Å²) in [6, 6.07) is 21.6. The van der Waals surface area contributed by atoms with Crippen LogP contribution in [-0.2, 0) is 0 Å². The third kappa shape index (κ3) is 4.08. The lowest BCUT2D eigenvalue weighted by atomic mass is 9.98. The second kappa shape index (κ2) is 9.19. The number of nitrogens with one attached hydrogen (secondary N) is 2. The van der Waals surface area contributed by atoms with E-state index in [1.54, 1.807) is 16.8 Å². The molecule has 1 atom stereocenters. The van der Waals surface area contributed by atoms with Crippen LogP contribution in [0.5, 0.6) is 0 Å². The van der Waals surface area contributed by atoms with Crippen LogP contribution >= 0.6 is 0 Å². The molecule has 0 saturated heterocycles. The minimum atomic E-state index is -0.438. The van der Waals surface area contributed by atoms with E-state index in [1.165, 1.54) is 12.3 Å². The number of nitrogens with two attached hydrogens (primary N) is 1. The standard InChI is InChI=1S/C27H21N7O2/c1-16(32-25-19(14-28)15-31-27(29)33-25)22-12-18-6-5-9-21(17-10-11-30-23(35)13-17)24(18)26(36)34(22)20-7-3-2-4-8-20/h2-13,15-16H,1H3,(H,30,35)(H3,29,31,32,33)/t16-/m0/s1. The Kier molecular flexibility index (Phi) is 5.76. The molecule has 0 radical (unpaired) electrons. The van der Waals surface area contributed by atoms with Gasteiger partial charge in [-0.15, -0.1) is 0 Å². The maximum atomic E-state index is 14.1. The third-order valence-electron chi connectivity index (χ3n) is 5.90. The highest BCUT2D eigenvalue weighted by Gasteiger charge is 2.20. The van der Waals surface area contributed by atoms with Gasteiger partial charge in [0.05, 0.1) is 17.6 Å². The van der Waals surface area contributed by atoms with Gasteiger partial charge in [0.2, 0.25) is 11.5 Å². The van der Waals surface area contributed by atoms with Gasteiger partial charge in [0, 0.05) is 23.6 Å². The summed E-state index contributed by atoms with van der Waals surface area (Å²) < 4.78 is 1.63. The Bertz CT molecular complexity index is 1750. The molecule has 9 heteroatoms. The molecule has 5 aromatic rings. The van der Waals surface area contributed by atoms with Crippen LogP contribution in [0.4, 0.5) is 11.8 Å². The zero-order valence-electron chi connectivity index (χ0n) is 19.3. The number of nitrogens with zero attached hydrogens (tertiary/aromatic N) is 4. The van der Waals surface area contributed by atoms with Gasteiger partial charge in [0.1, 0.15) is 17.5 Å². The molecule has 4 N–H and O–H groups in total. The lowest BCUT2D eigenvalue weighted by Gasteiger charge is -2.22. The monoisotopic (exact) mass is 475 g/mol. The smallest absolute Gasteiger partial charge is 0.263 e. The second-order valence-corrected chi connectivity index (χ2v) is 8.23. The van der Waals surface area contributed by atoms with Gasteiger partial charge in [-0.25, -0.2) is 4.98 Å². The van der Waals surface area contributed by atoms with Gasteiger partial charge in [0.15, 0.2) is 0 Å². The lowest BCUT2D eigenvalue weighted by Crippen LogP contribution is -2.26. The summed E-state index contributed by atoms with van der Waals surface area (Å²) in [5, 5.41) is 13.9. The number of hydrogen-bond donors (Lipinski definition) is 3. The van der Waals surface area contributed by atoms with E-state index in [-0.39, 0.29) is 28.4 Å². The first-order valence-corrected chi connectivity index (χ1v) is 11.2. The Balaban J connectivity index is 1.76. The van der Waals surface area contributed by atoms with E-state index in [0.29, 0.717) is 27.9 Å². The van der Waals surface area contributed by atoms with Crippen molar-refractivity contribution < 1.29 is 0 Å². The van der Waals surface area contributed by atoms with Crippen molar-refractivity contribution in [3.05, 3.63) is 111 Å². The normalized spacial score (nSPS) is 11.7. The summed E-state index contributed by atoms with van der Waals surface area (Å²) in [4.78, 5) is 36.8. The number of hydrogen-bond acceptors (Lipinski definition) is 7. The van der Waals surface area contributed by atoms with E-state index in [1.807, 2.05) is 61.5 Å². The largest absolute Gasteiger partial charge is 0.368 e. The van der Waals surface area contributed by atoms with Gasteiger partial charge in [-0.2, -0.15) is 10.2 Å². The molecule has 9 nitrogen and oxygen atoms in total. The average Bonchev–Trinajstić information content (AvgIpc) is 2.89. The second-order valence-electron chi connectivity index (χ2n) is 8.23. The molecule has 0 saturated carbocycles. The summed E-state index contributed by atoms with van der Waals surface area (Å²) in [7, 11) is 0. The highest BCUT2D eigenvalue weighted by Crippen LogP contribution is 2.29. The van der Waals surface area contributed by atoms with Crippen LogP contribution in [0.15, 0.2) is 88.7 Å². The van der Waals surface area contributed by atoms with Gasteiger partial charge in [-0.05, 0) is 47.7 Å². The fourth-order valence-electron chi connectivity index (χ4n) is 4.26. The molecule has 0 unspecified atom stereocenters. The number of nitriles is 1. The first-order chi connectivity index (χ1) is 17.5. The third-order valence-corrected chi connectivity index (χ3v) is 5.90. The molecule has 0 spiro atoms. The number of rotatable bonds is 5. The van der Waals surface area contributed by atoms with Crippen molar-refractivity contribution in [1.29, 1.82) is 5.26 Å². The molecule has 176 valence electrons. The molecular weight excluding hydrogens is 454 g/mol. The molecule has 0 aliphatic carbocycles. The van der Waals surface area contributed by atoms with E-state index >= 15 is 0 Å². The lowest BCUT2D eigenvalue weighted by molar-refractivity contribution is 0.772. The molecule has 36 heavy (non-hydrogen) atoms. The first kappa shape index (κ1) is 22.6. The van der Waals surface area contributed by atoms with E-state index < -0.39 is 6.04 Å². The molecule has 5 rings (SSSR count). The summed E-state index contributed by atoms with van der Waals surface area (Å²) in [5.74, 6) is 0.312. The van der Waals surface area contributed by atoms with Crippen molar-refractivity contribution in [2.45, 2.75) is 13.0 Å². The molecule has 0 bridgehead atoms. The van der Waals surface area contributed by atoms with Crippen molar-refractivity contribution >= 4 is 22.5 Å². The van der Waals surface area contributed by atoms with Crippen molar-refractivity contribution in [1.82, 2.24) is 19.5 Å². The number of H-pyrrole nitrogens is 1. The van der Waals surface area contributed by atoms with Gasteiger partial charge < -0.3 is 16.0 Å². The highest BCUT2D eigenvalue weighted by molar-refractivity contribution is 5.96. The average molecular weight is 476 g/mol. The maximum Gasteiger partial charge on any atom is 0.263 e. The van der Waals surface area contributed by atoms with Crippen molar-refractivity contribution in [3.63, 3.8) is 0 Å². The number of aromatic amines is 1. The number of benzene rings is 2. The molecule has 2 aromatic carbocycles. The zero-order chi connectivity index (χ0) is 25.2. The summed E-state index contributed by atoms with van der Waals surface area (Å²) in [6.45, 7) is 1.88. The fourth-order valence-corrected chi connectivity index (χ4v) is 4.26. The molecular formula is C27H21N7O2. The number of fused-ring (bicyclic) bond motifs is 1. The molecule has 3 aromatic heterocycles. The van der Waals surface area contributed by atoms with Crippen LogP contribution in [0.3, 0.4) is 0 Å². The summed E-state index contributed by atoms with van der Waals surface area (Å²) in [5.41, 5.74) is 8.14. The zero-order valence-corrected chi connectivity index (χ0v) is 19.3. The molecule has 0 amide bonds. The first-order valence-electron chi connectivity index (χ1n) is 11.2. The van der Waals surface area contributed by atoms with Crippen molar-refractivity contribution in [3.8, 4) is 22.9 Å². The van der Waals surface area contributed by atoms with E-state index in [2.05, 4.69) is 26.3 Å². The molecule has 3 heterocycles. The summed E-state index contributed by atoms with van der Waals surface area (Å²) in [6.07, 6.45) is 2.92. The number of anilines is 2.